The molecule has 0 aromatic carbocycles. The molecule has 1 aliphatic rings. The molecule has 4 rings (SSSR count). The van der Waals surface area contributed by atoms with Gasteiger partial charge in [-0.1, -0.05) is 17.7 Å². The first-order chi connectivity index (χ1) is 14.3. The lowest BCUT2D eigenvalue weighted by molar-refractivity contribution is 0.0239. The van der Waals surface area contributed by atoms with Crippen molar-refractivity contribution in [2.75, 3.05) is 0 Å². The molecule has 8 nitrogen and oxygen atoms in total. The van der Waals surface area contributed by atoms with E-state index in [1.807, 2.05) is 39.1 Å². The van der Waals surface area contributed by atoms with Crippen molar-refractivity contribution in [3.63, 3.8) is 0 Å². The van der Waals surface area contributed by atoms with Crippen LogP contribution >= 0.6 is 11.6 Å². The summed E-state index contributed by atoms with van der Waals surface area (Å²) >= 11 is 5.85. The summed E-state index contributed by atoms with van der Waals surface area (Å²) in [6.45, 7) is 6.71. The van der Waals surface area contributed by atoms with Gasteiger partial charge in [0, 0.05) is 24.0 Å². The van der Waals surface area contributed by atoms with E-state index < -0.39 is 5.60 Å². The standard InChI is InChI=1S/C21H22ClN5O3/c1-21(2,3)30-20(28)26-10-14-11-27(25-17(14)12-26)18-5-4-6-19(24-18)29-13-16-8-7-15(22)9-23-16/h4-9,11H,10,12-13H2,1-3H3. The van der Waals surface area contributed by atoms with Crippen molar-refractivity contribution in [1.29, 1.82) is 0 Å². The summed E-state index contributed by atoms with van der Waals surface area (Å²) in [5, 5.41) is 5.16. The molecule has 0 atom stereocenters. The predicted octanol–water partition coefficient (Wildman–Crippen LogP) is 4.15. The molecule has 0 fully saturated rings. The molecule has 0 aliphatic carbocycles. The predicted molar refractivity (Wildman–Crippen MR) is 110 cm³/mol. The van der Waals surface area contributed by atoms with Crippen LogP contribution in [0, 0.1) is 0 Å². The Labute approximate surface area is 179 Å². The van der Waals surface area contributed by atoms with Crippen molar-refractivity contribution >= 4 is 17.7 Å². The largest absolute Gasteiger partial charge is 0.471 e. The second-order valence-electron chi connectivity index (χ2n) is 7.97. The minimum Gasteiger partial charge on any atom is -0.471 e. The van der Waals surface area contributed by atoms with Crippen molar-refractivity contribution in [3.8, 4) is 11.7 Å². The van der Waals surface area contributed by atoms with Crippen LogP contribution in [-0.2, 0) is 24.4 Å². The smallest absolute Gasteiger partial charge is 0.410 e. The van der Waals surface area contributed by atoms with E-state index in [0.29, 0.717) is 29.8 Å². The van der Waals surface area contributed by atoms with E-state index in [9.17, 15) is 4.79 Å². The third kappa shape index (κ3) is 4.71. The van der Waals surface area contributed by atoms with Gasteiger partial charge in [-0.15, -0.1) is 0 Å². The molecule has 30 heavy (non-hydrogen) atoms. The van der Waals surface area contributed by atoms with E-state index in [-0.39, 0.29) is 12.7 Å². The summed E-state index contributed by atoms with van der Waals surface area (Å²) in [5.74, 6) is 1.10. The first-order valence-electron chi connectivity index (χ1n) is 9.53. The van der Waals surface area contributed by atoms with Crippen LogP contribution in [0.15, 0.2) is 42.7 Å². The number of hydrogen-bond donors (Lipinski definition) is 0. The highest BCUT2D eigenvalue weighted by molar-refractivity contribution is 6.30. The number of nitrogens with zero attached hydrogens (tertiary/aromatic N) is 5. The number of carbonyl (C=O) groups is 1. The maximum Gasteiger partial charge on any atom is 0.410 e. The van der Waals surface area contributed by atoms with Gasteiger partial charge in [-0.2, -0.15) is 10.1 Å². The number of halogens is 1. The fourth-order valence-corrected chi connectivity index (χ4v) is 3.09. The molecule has 4 heterocycles. The van der Waals surface area contributed by atoms with Gasteiger partial charge in [0.05, 0.1) is 29.5 Å². The number of ether oxygens (including phenoxy) is 2. The number of fused-ring (bicyclic) bond motifs is 1. The van der Waals surface area contributed by atoms with Crippen LogP contribution in [-0.4, -0.2) is 36.3 Å². The highest BCUT2D eigenvalue weighted by Crippen LogP contribution is 2.25. The number of rotatable bonds is 4. The third-order valence-corrected chi connectivity index (χ3v) is 4.55. The average molecular weight is 428 g/mol. The molecule has 9 heteroatoms. The fraction of sp³-hybridized carbons (Fsp3) is 0.333. The van der Waals surface area contributed by atoms with E-state index in [0.717, 1.165) is 17.0 Å². The van der Waals surface area contributed by atoms with Crippen LogP contribution in [0.2, 0.25) is 5.02 Å². The van der Waals surface area contributed by atoms with Gasteiger partial charge in [0.2, 0.25) is 5.88 Å². The summed E-state index contributed by atoms with van der Waals surface area (Å²) in [5.41, 5.74) is 2.04. The summed E-state index contributed by atoms with van der Waals surface area (Å²) < 4.78 is 12.9. The van der Waals surface area contributed by atoms with Crippen molar-refractivity contribution < 1.29 is 14.3 Å². The highest BCUT2D eigenvalue weighted by atomic mass is 35.5. The summed E-state index contributed by atoms with van der Waals surface area (Å²) in [4.78, 5) is 22.6. The third-order valence-electron chi connectivity index (χ3n) is 4.33. The lowest BCUT2D eigenvalue weighted by Crippen LogP contribution is -2.33. The van der Waals surface area contributed by atoms with Crippen molar-refractivity contribution in [1.82, 2.24) is 24.6 Å². The second-order valence-corrected chi connectivity index (χ2v) is 8.41. The molecule has 0 radical (unpaired) electrons. The molecule has 1 amide bonds. The molecule has 3 aromatic heterocycles. The van der Waals surface area contributed by atoms with Gasteiger partial charge in [0.1, 0.15) is 12.2 Å². The lowest BCUT2D eigenvalue weighted by atomic mass is 10.2. The first kappa shape index (κ1) is 20.2. The Hall–Kier alpha value is -3.13. The van der Waals surface area contributed by atoms with Gasteiger partial charge < -0.3 is 9.47 Å². The number of aromatic nitrogens is 4. The van der Waals surface area contributed by atoms with Crippen LogP contribution in [0.25, 0.3) is 5.82 Å². The maximum absolute atomic E-state index is 12.3. The van der Waals surface area contributed by atoms with Gasteiger partial charge >= 0.3 is 6.09 Å². The number of pyridine rings is 2. The van der Waals surface area contributed by atoms with Crippen LogP contribution in [0.3, 0.4) is 0 Å². The first-order valence-corrected chi connectivity index (χ1v) is 9.91. The number of hydrogen-bond acceptors (Lipinski definition) is 6. The summed E-state index contributed by atoms with van der Waals surface area (Å²) in [6, 6.07) is 9.05. The highest BCUT2D eigenvalue weighted by Gasteiger charge is 2.30. The zero-order valence-electron chi connectivity index (χ0n) is 17.0. The van der Waals surface area contributed by atoms with Crippen molar-refractivity contribution in [2.24, 2.45) is 0 Å². The SMILES string of the molecule is CC(C)(C)OC(=O)N1Cc2cn(-c3cccc(OCc4ccc(Cl)cn4)n3)nc2C1. The lowest BCUT2D eigenvalue weighted by Gasteiger charge is -2.24. The minimum atomic E-state index is -0.525. The molecule has 3 aromatic rings. The van der Waals surface area contributed by atoms with Gasteiger partial charge in [-0.3, -0.25) is 9.88 Å². The fourth-order valence-electron chi connectivity index (χ4n) is 2.98. The second kappa shape index (κ2) is 7.95. The van der Waals surface area contributed by atoms with E-state index >= 15 is 0 Å². The van der Waals surface area contributed by atoms with Crippen molar-refractivity contribution in [3.05, 3.63) is 64.7 Å². The van der Waals surface area contributed by atoms with Crippen LogP contribution in [0.5, 0.6) is 5.88 Å². The van der Waals surface area contributed by atoms with Crippen LogP contribution in [0.4, 0.5) is 4.79 Å². The molecule has 156 valence electrons. The molecular formula is C21H22ClN5O3. The Bertz CT molecular complexity index is 1040. The average Bonchev–Trinajstić information content (AvgIpc) is 3.26. The topological polar surface area (TPSA) is 82.4 Å². The van der Waals surface area contributed by atoms with Gasteiger partial charge in [-0.05, 0) is 39.0 Å². The van der Waals surface area contributed by atoms with E-state index in [2.05, 4.69) is 15.1 Å². The van der Waals surface area contributed by atoms with E-state index in [1.165, 1.54) is 0 Å². The Kier molecular flexibility index (Phi) is 5.34. The Morgan fingerprint density at radius 2 is 2.03 bits per heavy atom. The van der Waals surface area contributed by atoms with E-state index in [1.54, 1.807) is 34.0 Å². The molecule has 1 aliphatic heterocycles. The van der Waals surface area contributed by atoms with Crippen LogP contribution < -0.4 is 4.74 Å². The van der Waals surface area contributed by atoms with Gasteiger partial charge in [0.25, 0.3) is 0 Å². The summed E-state index contributed by atoms with van der Waals surface area (Å²) in [7, 11) is 0. The molecular weight excluding hydrogens is 406 g/mol. The minimum absolute atomic E-state index is 0.286. The molecule has 0 N–H and O–H groups in total. The number of amides is 1. The Morgan fingerprint density at radius 1 is 1.20 bits per heavy atom. The quantitative estimate of drug-likeness (QED) is 0.622. The monoisotopic (exact) mass is 427 g/mol. The molecule has 0 bridgehead atoms. The normalized spacial score (nSPS) is 13.3. The molecule has 0 unspecified atom stereocenters. The Morgan fingerprint density at radius 3 is 2.73 bits per heavy atom. The maximum atomic E-state index is 12.3. The zero-order valence-corrected chi connectivity index (χ0v) is 17.8. The number of carbonyl (C=O) groups excluding carboxylic acids is 1. The van der Waals surface area contributed by atoms with Crippen LogP contribution in [0.1, 0.15) is 37.7 Å². The molecule has 0 spiro atoms. The molecule has 0 saturated carbocycles. The van der Waals surface area contributed by atoms with Gasteiger partial charge in [-0.25, -0.2) is 9.48 Å². The van der Waals surface area contributed by atoms with Gasteiger partial charge in [0.15, 0.2) is 5.82 Å². The summed E-state index contributed by atoms with van der Waals surface area (Å²) in [6.07, 6.45) is 3.12. The van der Waals surface area contributed by atoms with E-state index in [4.69, 9.17) is 21.1 Å². The van der Waals surface area contributed by atoms with Crippen molar-refractivity contribution in [2.45, 2.75) is 46.1 Å². The zero-order chi connectivity index (χ0) is 21.3. The Balaban J connectivity index is 1.42. The molecule has 0 saturated heterocycles.